The second kappa shape index (κ2) is 8.46. The third-order valence-corrected chi connectivity index (χ3v) is 4.11. The van der Waals surface area contributed by atoms with Crippen molar-refractivity contribution in [3.05, 3.63) is 47.0 Å². The van der Waals surface area contributed by atoms with Crippen LogP contribution in [0.1, 0.15) is 23.4 Å². The minimum atomic E-state index is -1.26. The first-order valence-corrected chi connectivity index (χ1v) is 8.18. The molecule has 140 valence electrons. The Labute approximate surface area is 150 Å². The predicted octanol–water partition coefficient (Wildman–Crippen LogP) is 1.76. The molecule has 0 spiro atoms. The number of nitrogens with one attached hydrogen (secondary N) is 1. The lowest BCUT2D eigenvalue weighted by atomic mass is 10.1. The molecule has 2 rings (SSSR count). The number of hydrogen-bond acceptors (Lipinski definition) is 4. The number of amides is 1. The predicted molar refractivity (Wildman–Crippen MR) is 92.5 cm³/mol. The van der Waals surface area contributed by atoms with Crippen molar-refractivity contribution in [3.8, 4) is 5.75 Å². The number of carboxylic acid groups (broad SMARTS) is 1. The highest BCUT2D eigenvalue weighted by molar-refractivity contribution is 5.78. The van der Waals surface area contributed by atoms with Gasteiger partial charge in [-0.3, -0.25) is 9.48 Å². The molecule has 0 fully saturated rings. The summed E-state index contributed by atoms with van der Waals surface area (Å²) in [6, 6.07) is 5.01. The Balaban J connectivity index is 1.87. The number of carboxylic acids is 1. The van der Waals surface area contributed by atoms with Gasteiger partial charge < -0.3 is 15.2 Å². The first-order valence-electron chi connectivity index (χ1n) is 8.18. The fourth-order valence-electron chi connectivity index (χ4n) is 2.57. The number of aryl methyl sites for hydroxylation is 2. The van der Waals surface area contributed by atoms with Crippen molar-refractivity contribution in [1.29, 1.82) is 0 Å². The molecule has 1 unspecified atom stereocenters. The lowest BCUT2D eigenvalue weighted by molar-refractivity contribution is -0.145. The van der Waals surface area contributed by atoms with Crippen LogP contribution in [-0.2, 0) is 23.1 Å². The van der Waals surface area contributed by atoms with E-state index in [1.165, 1.54) is 24.3 Å². The first kappa shape index (κ1) is 19.4. The van der Waals surface area contributed by atoms with Gasteiger partial charge in [-0.2, -0.15) is 5.10 Å². The molecule has 0 bridgehead atoms. The van der Waals surface area contributed by atoms with E-state index in [1.54, 1.807) is 4.68 Å². The fourth-order valence-corrected chi connectivity index (χ4v) is 2.57. The highest BCUT2D eigenvalue weighted by atomic mass is 19.1. The standard InChI is InChI=1S/C18H22FN3O4/c1-11-15(12(2)22(3)21-11)8-9-17(23)20-10-16(18(24)25)26-14-6-4-13(19)5-7-14/h4-7,16H,8-10H2,1-3H3,(H,20,23)(H,24,25). The molecule has 8 heteroatoms. The molecule has 0 saturated carbocycles. The molecule has 1 atom stereocenters. The van der Waals surface area contributed by atoms with Gasteiger partial charge in [0.2, 0.25) is 12.0 Å². The summed E-state index contributed by atoms with van der Waals surface area (Å²) in [6.45, 7) is 3.64. The number of aromatic nitrogens is 2. The molecule has 0 aliphatic heterocycles. The van der Waals surface area contributed by atoms with E-state index in [4.69, 9.17) is 4.74 Å². The van der Waals surface area contributed by atoms with Crippen LogP contribution in [-0.4, -0.2) is 39.4 Å². The minimum absolute atomic E-state index is 0.184. The summed E-state index contributed by atoms with van der Waals surface area (Å²) in [6.07, 6.45) is -0.518. The molecule has 1 aromatic carbocycles. The third kappa shape index (κ3) is 5.05. The van der Waals surface area contributed by atoms with Crippen LogP contribution in [0.2, 0.25) is 0 Å². The molecular weight excluding hydrogens is 341 g/mol. The second-order valence-corrected chi connectivity index (χ2v) is 5.98. The molecule has 0 aliphatic carbocycles. The van der Waals surface area contributed by atoms with Crippen LogP contribution in [0.25, 0.3) is 0 Å². The molecule has 1 aromatic heterocycles. The molecule has 2 aromatic rings. The van der Waals surface area contributed by atoms with Gasteiger partial charge in [0, 0.05) is 19.2 Å². The number of ether oxygens (including phenoxy) is 1. The highest BCUT2D eigenvalue weighted by Gasteiger charge is 2.20. The summed E-state index contributed by atoms with van der Waals surface area (Å²) in [5.41, 5.74) is 2.89. The molecule has 0 aliphatic rings. The van der Waals surface area contributed by atoms with E-state index >= 15 is 0 Å². The van der Waals surface area contributed by atoms with Gasteiger partial charge in [0.25, 0.3) is 0 Å². The summed E-state index contributed by atoms with van der Waals surface area (Å²) < 4.78 is 19.9. The van der Waals surface area contributed by atoms with Crippen LogP contribution in [0.3, 0.4) is 0 Å². The molecule has 0 radical (unpaired) electrons. The average molecular weight is 363 g/mol. The van der Waals surface area contributed by atoms with Gasteiger partial charge in [0.15, 0.2) is 0 Å². The lowest BCUT2D eigenvalue weighted by Crippen LogP contribution is -2.40. The van der Waals surface area contributed by atoms with Crippen molar-refractivity contribution in [1.82, 2.24) is 15.1 Å². The number of rotatable bonds is 8. The molecule has 1 amide bonds. The quantitative estimate of drug-likeness (QED) is 0.745. The Morgan fingerprint density at radius 2 is 1.96 bits per heavy atom. The van der Waals surface area contributed by atoms with Crippen molar-refractivity contribution in [2.45, 2.75) is 32.8 Å². The third-order valence-electron chi connectivity index (χ3n) is 4.11. The van der Waals surface area contributed by atoms with Gasteiger partial charge in [-0.25, -0.2) is 9.18 Å². The topological polar surface area (TPSA) is 93.5 Å². The number of carbonyl (C=O) groups excluding carboxylic acids is 1. The van der Waals surface area contributed by atoms with Gasteiger partial charge in [0.05, 0.1) is 12.2 Å². The van der Waals surface area contributed by atoms with Crippen molar-refractivity contribution < 1.29 is 23.8 Å². The van der Waals surface area contributed by atoms with Crippen LogP contribution in [0.5, 0.6) is 5.75 Å². The van der Waals surface area contributed by atoms with Crippen LogP contribution < -0.4 is 10.1 Å². The molecule has 2 N–H and O–H groups in total. The number of benzene rings is 1. The molecular formula is C18H22FN3O4. The van der Waals surface area contributed by atoms with Crippen molar-refractivity contribution in [3.63, 3.8) is 0 Å². The van der Waals surface area contributed by atoms with Crippen LogP contribution in [0.4, 0.5) is 4.39 Å². The van der Waals surface area contributed by atoms with E-state index in [2.05, 4.69) is 10.4 Å². The number of carbonyl (C=O) groups is 2. The summed E-state index contributed by atoms with van der Waals surface area (Å²) in [4.78, 5) is 23.3. The smallest absolute Gasteiger partial charge is 0.346 e. The van der Waals surface area contributed by atoms with Crippen LogP contribution >= 0.6 is 0 Å². The summed E-state index contributed by atoms with van der Waals surface area (Å²) >= 11 is 0. The lowest BCUT2D eigenvalue weighted by Gasteiger charge is -2.16. The number of halogens is 1. The van der Waals surface area contributed by atoms with Gasteiger partial charge >= 0.3 is 5.97 Å². The number of aliphatic carboxylic acids is 1. The van der Waals surface area contributed by atoms with Gasteiger partial charge in [0.1, 0.15) is 11.6 Å². The van der Waals surface area contributed by atoms with Crippen LogP contribution in [0, 0.1) is 19.7 Å². The van der Waals surface area contributed by atoms with E-state index in [0.717, 1.165) is 17.0 Å². The monoisotopic (exact) mass is 363 g/mol. The minimum Gasteiger partial charge on any atom is -0.478 e. The van der Waals surface area contributed by atoms with E-state index in [9.17, 15) is 19.1 Å². The zero-order valence-electron chi connectivity index (χ0n) is 15.0. The van der Waals surface area contributed by atoms with Crippen molar-refractivity contribution in [2.24, 2.45) is 7.05 Å². The van der Waals surface area contributed by atoms with Gasteiger partial charge in [-0.15, -0.1) is 0 Å². The molecule has 7 nitrogen and oxygen atoms in total. The van der Waals surface area contributed by atoms with E-state index in [-0.39, 0.29) is 24.6 Å². The Kier molecular flexibility index (Phi) is 6.32. The first-order chi connectivity index (χ1) is 12.3. The molecule has 1 heterocycles. The zero-order chi connectivity index (χ0) is 19.3. The Bertz CT molecular complexity index is 786. The maximum atomic E-state index is 12.9. The molecule has 26 heavy (non-hydrogen) atoms. The van der Waals surface area contributed by atoms with E-state index in [0.29, 0.717) is 6.42 Å². The summed E-state index contributed by atoms with van der Waals surface area (Å²) in [5.74, 6) is -1.72. The maximum absolute atomic E-state index is 12.9. The summed E-state index contributed by atoms with van der Waals surface area (Å²) in [7, 11) is 1.84. The fraction of sp³-hybridized carbons (Fsp3) is 0.389. The Hall–Kier alpha value is -2.90. The van der Waals surface area contributed by atoms with Crippen molar-refractivity contribution in [2.75, 3.05) is 6.54 Å². The Morgan fingerprint density at radius 3 is 2.50 bits per heavy atom. The van der Waals surface area contributed by atoms with E-state index < -0.39 is 17.9 Å². The largest absolute Gasteiger partial charge is 0.478 e. The number of hydrogen-bond donors (Lipinski definition) is 2. The van der Waals surface area contributed by atoms with Gasteiger partial charge in [-0.05, 0) is 50.1 Å². The van der Waals surface area contributed by atoms with Crippen LogP contribution in [0.15, 0.2) is 24.3 Å². The van der Waals surface area contributed by atoms with Gasteiger partial charge in [-0.1, -0.05) is 0 Å². The number of nitrogens with zero attached hydrogens (tertiary/aromatic N) is 2. The van der Waals surface area contributed by atoms with Crippen molar-refractivity contribution >= 4 is 11.9 Å². The maximum Gasteiger partial charge on any atom is 0.346 e. The SMILES string of the molecule is Cc1nn(C)c(C)c1CCC(=O)NCC(Oc1ccc(F)cc1)C(=O)O. The average Bonchev–Trinajstić information content (AvgIpc) is 2.83. The zero-order valence-corrected chi connectivity index (χ0v) is 15.0. The van der Waals surface area contributed by atoms with E-state index in [1.807, 2.05) is 20.9 Å². The second-order valence-electron chi connectivity index (χ2n) is 5.98. The Morgan fingerprint density at radius 1 is 1.31 bits per heavy atom. The molecule has 0 saturated heterocycles. The highest BCUT2D eigenvalue weighted by Crippen LogP contribution is 2.15. The summed E-state index contributed by atoms with van der Waals surface area (Å²) in [5, 5.41) is 16.1. The normalized spacial score (nSPS) is 11.8.